The maximum absolute atomic E-state index is 2.46. The number of fused-ring (bicyclic) bond motifs is 9. The maximum Gasteiger partial charge on any atom is 0.0562 e. The van der Waals surface area contributed by atoms with Gasteiger partial charge in [0.2, 0.25) is 0 Å². The fourth-order valence-corrected chi connectivity index (χ4v) is 11.3. The van der Waals surface area contributed by atoms with Crippen LogP contribution in [-0.4, -0.2) is 4.57 Å². The lowest BCUT2D eigenvalue weighted by Gasteiger charge is -2.30. The van der Waals surface area contributed by atoms with Gasteiger partial charge in [0.1, 0.15) is 0 Å². The van der Waals surface area contributed by atoms with Crippen LogP contribution in [-0.2, 0) is 0 Å². The van der Waals surface area contributed by atoms with Crippen molar-refractivity contribution in [2.24, 2.45) is 5.92 Å². The Hall–Kier alpha value is -8.46. The molecule has 0 radical (unpaired) electrons. The van der Waals surface area contributed by atoms with Crippen molar-refractivity contribution in [3.05, 3.63) is 260 Å². The molecule has 2 heteroatoms. The van der Waals surface area contributed by atoms with Crippen LogP contribution in [0.3, 0.4) is 0 Å². The Morgan fingerprint density at radius 2 is 0.955 bits per heavy atom. The molecule has 13 rings (SSSR count). The first-order valence-electron chi connectivity index (χ1n) is 23.5. The summed E-state index contributed by atoms with van der Waals surface area (Å²) in [6, 6.07) is 85.0. The average molecular weight is 855 g/mol. The molecule has 0 saturated heterocycles. The third kappa shape index (κ3) is 6.40. The molecule has 0 bridgehead atoms. The molecular weight excluding hydrogens is 809 g/mol. The topological polar surface area (TPSA) is 8.17 Å². The Balaban J connectivity index is 0.977. The molecule has 67 heavy (non-hydrogen) atoms. The van der Waals surface area contributed by atoms with Crippen molar-refractivity contribution in [2.45, 2.75) is 12.8 Å². The van der Waals surface area contributed by atoms with Gasteiger partial charge in [-0.15, -0.1) is 0 Å². The number of hydrogen-bond donors (Lipinski definition) is 0. The molecule has 2 atom stereocenters. The van der Waals surface area contributed by atoms with Crippen LogP contribution in [0.5, 0.6) is 0 Å². The number of nitrogens with zero attached hydrogens (tertiary/aromatic N) is 2. The number of rotatable bonds is 7. The molecule has 0 saturated carbocycles. The van der Waals surface area contributed by atoms with E-state index in [0.29, 0.717) is 5.92 Å². The lowest BCUT2D eigenvalue weighted by Crippen LogP contribution is -2.14. The third-order valence-electron chi connectivity index (χ3n) is 14.3. The Kier molecular flexibility index (Phi) is 9.25. The summed E-state index contributed by atoms with van der Waals surface area (Å²) in [5.41, 5.74) is 13.2. The first-order chi connectivity index (χ1) is 33.2. The Bertz CT molecular complexity index is 3930. The van der Waals surface area contributed by atoms with E-state index in [0.717, 1.165) is 22.7 Å². The van der Waals surface area contributed by atoms with Crippen LogP contribution in [0.15, 0.2) is 249 Å². The molecule has 0 N–H and O–H groups in total. The fraction of sp³-hybridized carbons (Fsp3) is 0.0462. The highest BCUT2D eigenvalue weighted by Crippen LogP contribution is 2.48. The van der Waals surface area contributed by atoms with Gasteiger partial charge in [-0.3, -0.25) is 0 Å². The van der Waals surface area contributed by atoms with Crippen molar-refractivity contribution in [1.29, 1.82) is 0 Å². The van der Waals surface area contributed by atoms with E-state index in [-0.39, 0.29) is 5.92 Å². The van der Waals surface area contributed by atoms with Crippen LogP contribution in [0.4, 0.5) is 17.1 Å². The third-order valence-corrected chi connectivity index (χ3v) is 14.3. The number of hydrogen-bond acceptors (Lipinski definition) is 1. The van der Waals surface area contributed by atoms with E-state index in [9.17, 15) is 0 Å². The van der Waals surface area contributed by atoms with Crippen molar-refractivity contribution < 1.29 is 0 Å². The molecule has 0 spiro atoms. The van der Waals surface area contributed by atoms with Gasteiger partial charge in [0.15, 0.2) is 0 Å². The van der Waals surface area contributed by atoms with Crippen LogP contribution in [0.2, 0.25) is 0 Å². The minimum Gasteiger partial charge on any atom is -0.310 e. The highest BCUT2D eigenvalue weighted by molar-refractivity contribution is 6.17. The molecule has 2 unspecified atom stereocenters. The first kappa shape index (κ1) is 39.0. The van der Waals surface area contributed by atoms with Gasteiger partial charge in [0, 0.05) is 33.8 Å². The summed E-state index contributed by atoms with van der Waals surface area (Å²) >= 11 is 0. The Morgan fingerprint density at radius 1 is 0.418 bits per heavy atom. The number of allylic oxidation sites excluding steroid dienone is 4. The summed E-state index contributed by atoms with van der Waals surface area (Å²) < 4.78 is 2.41. The van der Waals surface area contributed by atoms with Gasteiger partial charge >= 0.3 is 0 Å². The van der Waals surface area contributed by atoms with Gasteiger partial charge in [-0.1, -0.05) is 189 Å². The zero-order valence-corrected chi connectivity index (χ0v) is 37.2. The normalized spacial score (nSPS) is 15.0. The van der Waals surface area contributed by atoms with Gasteiger partial charge in [-0.2, -0.15) is 0 Å². The number of aromatic nitrogens is 1. The van der Waals surface area contributed by atoms with E-state index in [1.165, 1.54) is 92.7 Å². The molecule has 2 nitrogen and oxygen atoms in total. The Labute approximate surface area is 390 Å². The van der Waals surface area contributed by atoms with Crippen LogP contribution >= 0.6 is 0 Å². The van der Waals surface area contributed by atoms with Crippen molar-refractivity contribution in [1.82, 2.24) is 4.57 Å². The van der Waals surface area contributed by atoms with Crippen molar-refractivity contribution >= 4 is 87.5 Å². The summed E-state index contributed by atoms with van der Waals surface area (Å²) in [7, 11) is 0. The van der Waals surface area contributed by atoms with Crippen LogP contribution < -0.4 is 4.90 Å². The summed E-state index contributed by atoms with van der Waals surface area (Å²) in [6.07, 6.45) is 6.96. The smallest absolute Gasteiger partial charge is 0.0562 e. The molecule has 1 heterocycles. The van der Waals surface area contributed by atoms with Crippen molar-refractivity contribution in [3.63, 3.8) is 0 Å². The maximum atomic E-state index is 2.46. The van der Waals surface area contributed by atoms with Crippen LogP contribution in [0.1, 0.15) is 24.0 Å². The summed E-state index contributed by atoms with van der Waals surface area (Å²) in [5.74, 6) is 0.511. The van der Waals surface area contributed by atoms with E-state index in [1.54, 1.807) is 0 Å². The largest absolute Gasteiger partial charge is 0.310 e. The van der Waals surface area contributed by atoms with E-state index in [1.807, 2.05) is 0 Å². The van der Waals surface area contributed by atoms with Crippen molar-refractivity contribution in [3.8, 4) is 16.8 Å². The quantitative estimate of drug-likeness (QED) is 0.145. The summed E-state index contributed by atoms with van der Waals surface area (Å²) in [4.78, 5) is 2.46. The van der Waals surface area contributed by atoms with Crippen molar-refractivity contribution in [2.75, 3.05) is 4.90 Å². The zero-order chi connectivity index (χ0) is 44.4. The van der Waals surface area contributed by atoms with E-state index >= 15 is 0 Å². The molecule has 316 valence electrons. The molecule has 1 aliphatic rings. The van der Waals surface area contributed by atoms with Gasteiger partial charge in [0.25, 0.3) is 0 Å². The molecule has 0 aliphatic heterocycles. The Morgan fingerprint density at radius 3 is 1.66 bits per heavy atom. The second kappa shape index (κ2) is 15.9. The lowest BCUT2D eigenvalue weighted by molar-refractivity contribution is 0.654. The molecule has 0 amide bonds. The number of benzene rings is 11. The van der Waals surface area contributed by atoms with E-state index in [2.05, 4.69) is 265 Å². The van der Waals surface area contributed by atoms with Crippen LogP contribution in [0, 0.1) is 5.92 Å². The number of anilines is 3. The second-order valence-corrected chi connectivity index (χ2v) is 18.1. The summed E-state index contributed by atoms with van der Waals surface area (Å²) in [5, 5.41) is 12.7. The molecule has 1 aliphatic carbocycles. The second-order valence-electron chi connectivity index (χ2n) is 18.1. The highest BCUT2D eigenvalue weighted by atomic mass is 15.1. The lowest BCUT2D eigenvalue weighted by atomic mass is 9.74. The summed E-state index contributed by atoms with van der Waals surface area (Å²) in [6.45, 7) is 2.37. The average Bonchev–Trinajstić information content (AvgIpc) is 3.74. The van der Waals surface area contributed by atoms with Gasteiger partial charge in [-0.25, -0.2) is 0 Å². The standard InChI is InChI=1S/C65H46N2/c1-43-17-15-29-53(64(43)60-42-47-19-6-8-23-52(47)55-25-10-12-27-57(55)60)44-33-37-49(38-34-44)66(62-31-16-32-63-65(62)58-28-13-14-30-61(58)67(63)48-20-3-2-4-21-48)50-39-35-45(36-40-50)59-41-46-18-5-7-22-51(46)54-24-9-11-26-56(54)59/h2-43,64H,1H3. The van der Waals surface area contributed by atoms with Gasteiger partial charge in [0.05, 0.1) is 16.7 Å². The zero-order valence-electron chi connectivity index (χ0n) is 37.2. The molecule has 0 fully saturated rings. The van der Waals surface area contributed by atoms with Gasteiger partial charge < -0.3 is 9.47 Å². The SMILES string of the molecule is CC1C=CC=C(c2ccc(N(c3ccc(-c4cc5ccccc5c5ccccc45)cc3)c3cccc4c3c3ccccc3n4-c3ccccc3)cc2)C1c1cc2ccccc2c2ccccc12. The number of para-hydroxylation sites is 2. The predicted octanol–water partition coefficient (Wildman–Crippen LogP) is 17.9. The molecular formula is C65H46N2. The highest BCUT2D eigenvalue weighted by Gasteiger charge is 2.28. The molecule has 11 aromatic carbocycles. The fourth-order valence-electron chi connectivity index (χ4n) is 11.3. The van der Waals surface area contributed by atoms with Crippen LogP contribution in [0.25, 0.3) is 87.3 Å². The molecule has 1 aromatic heterocycles. The van der Waals surface area contributed by atoms with E-state index in [4.69, 9.17) is 0 Å². The van der Waals surface area contributed by atoms with E-state index < -0.39 is 0 Å². The first-order valence-corrected chi connectivity index (χ1v) is 23.5. The monoisotopic (exact) mass is 854 g/mol. The predicted molar refractivity (Wildman–Crippen MR) is 286 cm³/mol. The molecule has 12 aromatic rings. The van der Waals surface area contributed by atoms with Gasteiger partial charge in [-0.05, 0) is 144 Å². The minimum absolute atomic E-state index is 0.193. The minimum atomic E-state index is 0.193.